The standard InChI is InChI=1S/C5H11NOS.ClH/c1-4(2)6-5(8)7-3;/h4H,1-3H3,(H,6,8);1H. The summed E-state index contributed by atoms with van der Waals surface area (Å²) in [6.07, 6.45) is 0. The molecule has 0 spiro atoms. The van der Waals surface area contributed by atoms with E-state index in [1.54, 1.807) is 7.11 Å². The first-order valence-electron chi connectivity index (χ1n) is 2.51. The van der Waals surface area contributed by atoms with Crippen LogP contribution in [0.3, 0.4) is 0 Å². The maximum atomic E-state index is 4.70. The fourth-order valence-electron chi connectivity index (χ4n) is 0.295. The highest BCUT2D eigenvalue weighted by Gasteiger charge is 1.93. The van der Waals surface area contributed by atoms with E-state index in [4.69, 9.17) is 12.2 Å². The van der Waals surface area contributed by atoms with Crippen molar-refractivity contribution in [2.75, 3.05) is 7.11 Å². The first kappa shape index (κ1) is 11.7. The zero-order valence-corrected chi connectivity index (χ0v) is 7.44. The van der Waals surface area contributed by atoms with Crippen LogP contribution < -0.4 is 5.32 Å². The van der Waals surface area contributed by atoms with E-state index in [9.17, 15) is 0 Å². The van der Waals surface area contributed by atoms with Gasteiger partial charge in [-0.15, -0.1) is 12.4 Å². The van der Waals surface area contributed by atoms with Crippen LogP contribution in [-0.2, 0) is 4.74 Å². The second kappa shape index (κ2) is 6.11. The summed E-state index contributed by atoms with van der Waals surface area (Å²) in [5.74, 6) is 0. The summed E-state index contributed by atoms with van der Waals surface area (Å²) in [5.41, 5.74) is 0. The first-order chi connectivity index (χ1) is 3.66. The van der Waals surface area contributed by atoms with Gasteiger partial charge in [-0.2, -0.15) is 0 Å². The van der Waals surface area contributed by atoms with Gasteiger partial charge in [-0.25, -0.2) is 0 Å². The van der Waals surface area contributed by atoms with Crippen molar-refractivity contribution in [2.45, 2.75) is 19.9 Å². The number of ether oxygens (including phenoxy) is 1. The highest BCUT2D eigenvalue weighted by atomic mass is 35.5. The monoisotopic (exact) mass is 169 g/mol. The van der Waals surface area contributed by atoms with E-state index in [0.717, 1.165) is 0 Å². The predicted octanol–water partition coefficient (Wildman–Crippen LogP) is 1.34. The van der Waals surface area contributed by atoms with Gasteiger partial charge < -0.3 is 10.1 Å². The number of halogens is 1. The minimum Gasteiger partial charge on any atom is -0.474 e. The van der Waals surface area contributed by atoms with Crippen LogP contribution in [0.4, 0.5) is 0 Å². The summed E-state index contributed by atoms with van der Waals surface area (Å²) < 4.78 is 4.68. The fraction of sp³-hybridized carbons (Fsp3) is 0.800. The quantitative estimate of drug-likeness (QED) is 0.599. The Hall–Kier alpha value is -0.0200. The molecule has 0 heterocycles. The number of hydrogen-bond donors (Lipinski definition) is 1. The van der Waals surface area contributed by atoms with Crippen LogP contribution in [0.15, 0.2) is 0 Å². The highest BCUT2D eigenvalue weighted by molar-refractivity contribution is 7.80. The van der Waals surface area contributed by atoms with Crippen molar-refractivity contribution in [3.05, 3.63) is 0 Å². The number of nitrogens with one attached hydrogen (secondary N) is 1. The summed E-state index contributed by atoms with van der Waals surface area (Å²) in [5, 5.41) is 3.36. The maximum absolute atomic E-state index is 4.70. The molecule has 4 heteroatoms. The van der Waals surface area contributed by atoms with Gasteiger partial charge in [0.1, 0.15) is 0 Å². The molecule has 2 nitrogen and oxygen atoms in total. The second-order valence-corrected chi connectivity index (χ2v) is 2.16. The molecule has 0 fully saturated rings. The molecule has 0 aromatic rings. The Balaban J connectivity index is 0. The molecule has 0 unspecified atom stereocenters. The average Bonchev–Trinajstić information content (AvgIpc) is 1.65. The molecule has 0 bridgehead atoms. The van der Waals surface area contributed by atoms with Crippen LogP contribution in [0.5, 0.6) is 0 Å². The van der Waals surface area contributed by atoms with Crippen molar-refractivity contribution in [3.8, 4) is 0 Å². The maximum Gasteiger partial charge on any atom is 0.256 e. The van der Waals surface area contributed by atoms with Crippen molar-refractivity contribution in [1.82, 2.24) is 5.32 Å². The lowest BCUT2D eigenvalue weighted by atomic mass is 10.4. The number of methoxy groups -OCH3 is 1. The molecule has 0 aromatic heterocycles. The van der Waals surface area contributed by atoms with Crippen molar-refractivity contribution < 1.29 is 4.74 Å². The summed E-state index contributed by atoms with van der Waals surface area (Å²) in [6.45, 7) is 4.01. The molecular weight excluding hydrogens is 158 g/mol. The molecule has 56 valence electrons. The van der Waals surface area contributed by atoms with E-state index in [-0.39, 0.29) is 12.4 Å². The van der Waals surface area contributed by atoms with E-state index < -0.39 is 0 Å². The number of hydrogen-bond acceptors (Lipinski definition) is 2. The molecule has 9 heavy (non-hydrogen) atoms. The Labute approximate surface area is 67.4 Å². The zero-order chi connectivity index (χ0) is 6.57. The molecule has 0 aliphatic carbocycles. The fourth-order valence-corrected chi connectivity index (χ4v) is 0.530. The highest BCUT2D eigenvalue weighted by Crippen LogP contribution is 1.78. The number of thiocarbonyl (C=S) groups is 1. The summed E-state index contributed by atoms with van der Waals surface area (Å²) in [7, 11) is 1.55. The van der Waals surface area contributed by atoms with Crippen molar-refractivity contribution >= 4 is 29.8 Å². The largest absolute Gasteiger partial charge is 0.474 e. The molecule has 0 amide bonds. The van der Waals surface area contributed by atoms with E-state index >= 15 is 0 Å². The topological polar surface area (TPSA) is 21.3 Å². The Morgan fingerprint density at radius 1 is 1.56 bits per heavy atom. The Morgan fingerprint density at radius 3 is 2.11 bits per heavy atom. The molecule has 0 aliphatic rings. The first-order valence-corrected chi connectivity index (χ1v) is 2.92. The van der Waals surface area contributed by atoms with Crippen LogP contribution >= 0.6 is 24.6 Å². The summed E-state index contributed by atoms with van der Waals surface area (Å²) in [6, 6.07) is 0.363. The molecule has 1 N–H and O–H groups in total. The third kappa shape index (κ3) is 7.98. The van der Waals surface area contributed by atoms with E-state index in [0.29, 0.717) is 11.2 Å². The third-order valence-electron chi connectivity index (χ3n) is 0.592. The lowest BCUT2D eigenvalue weighted by Gasteiger charge is -2.07. The van der Waals surface area contributed by atoms with Gasteiger partial charge in [0, 0.05) is 6.04 Å². The van der Waals surface area contributed by atoms with Crippen molar-refractivity contribution in [2.24, 2.45) is 0 Å². The normalized spacial score (nSPS) is 8.00. The molecule has 0 saturated carbocycles. The number of rotatable bonds is 1. The van der Waals surface area contributed by atoms with Gasteiger partial charge >= 0.3 is 0 Å². The van der Waals surface area contributed by atoms with Gasteiger partial charge in [0.2, 0.25) is 0 Å². The third-order valence-corrected chi connectivity index (χ3v) is 0.876. The summed E-state index contributed by atoms with van der Waals surface area (Å²) in [4.78, 5) is 0. The Morgan fingerprint density at radius 2 is 2.00 bits per heavy atom. The zero-order valence-electron chi connectivity index (χ0n) is 5.80. The molecule has 0 rings (SSSR count). The van der Waals surface area contributed by atoms with E-state index in [1.165, 1.54) is 0 Å². The van der Waals surface area contributed by atoms with Crippen molar-refractivity contribution in [1.29, 1.82) is 0 Å². The van der Waals surface area contributed by atoms with Gasteiger partial charge in [0.15, 0.2) is 0 Å². The van der Waals surface area contributed by atoms with Gasteiger partial charge in [-0.05, 0) is 26.1 Å². The lowest BCUT2D eigenvalue weighted by Crippen LogP contribution is -2.29. The SMILES string of the molecule is COC(=S)NC(C)C.Cl. The smallest absolute Gasteiger partial charge is 0.256 e. The van der Waals surface area contributed by atoms with Gasteiger partial charge in [-0.3, -0.25) is 0 Å². The Bertz CT molecular complexity index is 87.0. The van der Waals surface area contributed by atoms with Gasteiger partial charge in [0.25, 0.3) is 5.17 Å². The average molecular weight is 170 g/mol. The molecule has 0 atom stereocenters. The molecule has 0 aromatic carbocycles. The van der Waals surface area contributed by atoms with E-state index in [2.05, 4.69) is 10.1 Å². The Kier molecular flexibility index (Phi) is 7.96. The summed E-state index contributed by atoms with van der Waals surface area (Å²) >= 11 is 4.70. The van der Waals surface area contributed by atoms with Crippen LogP contribution in [-0.4, -0.2) is 18.3 Å². The van der Waals surface area contributed by atoms with Gasteiger partial charge in [-0.1, -0.05) is 0 Å². The molecule has 0 radical (unpaired) electrons. The van der Waals surface area contributed by atoms with Crippen LogP contribution in [0.2, 0.25) is 0 Å². The molecule has 0 saturated heterocycles. The molecular formula is C5H12ClNOS. The van der Waals surface area contributed by atoms with Crippen LogP contribution in [0.1, 0.15) is 13.8 Å². The van der Waals surface area contributed by atoms with Crippen molar-refractivity contribution in [3.63, 3.8) is 0 Å². The van der Waals surface area contributed by atoms with Crippen LogP contribution in [0.25, 0.3) is 0 Å². The lowest BCUT2D eigenvalue weighted by molar-refractivity contribution is 0.387. The van der Waals surface area contributed by atoms with Gasteiger partial charge in [0.05, 0.1) is 7.11 Å². The van der Waals surface area contributed by atoms with Crippen LogP contribution in [0, 0.1) is 0 Å². The molecule has 0 aliphatic heterocycles. The minimum absolute atomic E-state index is 0. The predicted molar refractivity (Wildman–Crippen MR) is 45.1 cm³/mol. The minimum atomic E-state index is 0. The van der Waals surface area contributed by atoms with E-state index in [1.807, 2.05) is 13.8 Å². The second-order valence-electron chi connectivity index (χ2n) is 1.79.